The minimum atomic E-state index is -4.11. The lowest BCUT2D eigenvalue weighted by molar-refractivity contribution is -0.123. The molecule has 0 aliphatic heterocycles. The molecule has 0 aromatic heterocycles. The maximum atomic E-state index is 12.3. The highest BCUT2D eigenvalue weighted by Crippen LogP contribution is 2.24. The van der Waals surface area contributed by atoms with Crippen molar-refractivity contribution in [2.75, 3.05) is 5.32 Å². The van der Waals surface area contributed by atoms with Gasteiger partial charge in [-0.3, -0.25) is 4.79 Å². The predicted octanol–water partition coefficient (Wildman–Crippen LogP) is 3.47. The Labute approximate surface area is 175 Å². The lowest BCUT2D eigenvalue weighted by Crippen LogP contribution is -2.30. The highest BCUT2D eigenvalue weighted by atomic mass is 35.5. The molecule has 29 heavy (non-hydrogen) atoms. The van der Waals surface area contributed by atoms with Crippen molar-refractivity contribution in [2.45, 2.75) is 44.1 Å². The number of benzene rings is 2. The summed E-state index contributed by atoms with van der Waals surface area (Å²) >= 11 is 5.80. The van der Waals surface area contributed by atoms with E-state index >= 15 is 0 Å². The molecule has 3 N–H and O–H groups in total. The molecule has 0 aliphatic carbocycles. The van der Waals surface area contributed by atoms with E-state index in [9.17, 15) is 18.0 Å². The fraction of sp³-hybridized carbons (Fsp3) is 0.300. The van der Waals surface area contributed by atoms with Crippen molar-refractivity contribution in [1.82, 2.24) is 0 Å². The summed E-state index contributed by atoms with van der Waals surface area (Å²) in [7, 11) is -4.11. The fourth-order valence-corrected chi connectivity index (χ4v) is 3.50. The van der Waals surface area contributed by atoms with Crippen LogP contribution in [0, 0.1) is 0 Å². The highest BCUT2D eigenvalue weighted by Gasteiger charge is 2.22. The van der Waals surface area contributed by atoms with Crippen LogP contribution in [0.3, 0.4) is 0 Å². The molecule has 7 nitrogen and oxygen atoms in total. The number of carbonyl (C=O) groups is 2. The van der Waals surface area contributed by atoms with Crippen LogP contribution in [0.4, 0.5) is 5.69 Å². The molecule has 0 saturated carbocycles. The van der Waals surface area contributed by atoms with Crippen molar-refractivity contribution in [3.05, 3.63) is 58.6 Å². The van der Waals surface area contributed by atoms with Gasteiger partial charge in [-0.15, -0.1) is 0 Å². The molecule has 156 valence electrons. The van der Waals surface area contributed by atoms with Gasteiger partial charge in [0, 0.05) is 5.69 Å². The quantitative estimate of drug-likeness (QED) is 0.693. The van der Waals surface area contributed by atoms with Crippen molar-refractivity contribution in [3.63, 3.8) is 0 Å². The van der Waals surface area contributed by atoms with Crippen LogP contribution >= 0.6 is 11.6 Å². The maximum Gasteiger partial charge on any atom is 0.338 e. The van der Waals surface area contributed by atoms with E-state index in [4.69, 9.17) is 21.5 Å². The minimum Gasteiger partial charge on any atom is -0.449 e. The van der Waals surface area contributed by atoms with Crippen molar-refractivity contribution in [2.24, 2.45) is 5.14 Å². The number of primary sulfonamides is 1. The third-order valence-corrected chi connectivity index (χ3v) is 5.54. The molecular weight excluding hydrogens is 416 g/mol. The van der Waals surface area contributed by atoms with Gasteiger partial charge in [-0.1, -0.05) is 44.5 Å². The Kier molecular flexibility index (Phi) is 6.72. The van der Waals surface area contributed by atoms with E-state index < -0.39 is 32.9 Å². The zero-order chi connectivity index (χ0) is 22.0. The molecule has 0 fully saturated rings. The normalized spacial score (nSPS) is 12.9. The Morgan fingerprint density at radius 1 is 1.10 bits per heavy atom. The number of carbonyl (C=O) groups excluding carboxylic acids is 2. The summed E-state index contributed by atoms with van der Waals surface area (Å²) in [6, 6.07) is 10.9. The number of hydrogen-bond donors (Lipinski definition) is 2. The van der Waals surface area contributed by atoms with E-state index in [2.05, 4.69) is 26.1 Å². The summed E-state index contributed by atoms with van der Waals surface area (Å²) in [6.45, 7) is 7.66. The maximum absolute atomic E-state index is 12.3. The number of nitrogens with one attached hydrogen (secondary N) is 1. The Balaban J connectivity index is 2.07. The van der Waals surface area contributed by atoms with Gasteiger partial charge in [0.05, 0.1) is 10.6 Å². The SMILES string of the molecule is C[C@H](OC(=O)c1ccc(Cl)c(S(N)(=O)=O)c1)C(=O)Nc1ccc(C(C)(C)C)cc1. The van der Waals surface area contributed by atoms with E-state index in [0.717, 1.165) is 11.6 Å². The summed E-state index contributed by atoms with van der Waals surface area (Å²) < 4.78 is 28.2. The molecule has 0 bridgehead atoms. The van der Waals surface area contributed by atoms with Gasteiger partial charge in [0.25, 0.3) is 5.91 Å². The van der Waals surface area contributed by atoms with E-state index in [-0.39, 0.29) is 16.0 Å². The average Bonchev–Trinajstić information content (AvgIpc) is 2.60. The lowest BCUT2D eigenvalue weighted by Gasteiger charge is -2.19. The van der Waals surface area contributed by atoms with Crippen LogP contribution in [0.2, 0.25) is 5.02 Å². The van der Waals surface area contributed by atoms with Gasteiger partial charge in [-0.05, 0) is 48.2 Å². The van der Waals surface area contributed by atoms with Gasteiger partial charge >= 0.3 is 5.97 Å². The summed E-state index contributed by atoms with van der Waals surface area (Å²) in [5.41, 5.74) is 1.57. The number of nitrogens with two attached hydrogens (primary N) is 1. The van der Waals surface area contributed by atoms with E-state index in [1.807, 2.05) is 12.1 Å². The second-order valence-electron chi connectivity index (χ2n) is 7.55. The molecule has 0 spiro atoms. The van der Waals surface area contributed by atoms with Crippen molar-refractivity contribution >= 4 is 39.2 Å². The second kappa shape index (κ2) is 8.52. The van der Waals surface area contributed by atoms with Crippen LogP contribution in [0.5, 0.6) is 0 Å². The Morgan fingerprint density at radius 2 is 1.69 bits per heavy atom. The molecule has 0 radical (unpaired) electrons. The van der Waals surface area contributed by atoms with Gasteiger partial charge in [-0.2, -0.15) is 0 Å². The van der Waals surface area contributed by atoms with Crippen molar-refractivity contribution in [1.29, 1.82) is 0 Å². The average molecular weight is 439 g/mol. The number of esters is 1. The number of sulfonamides is 1. The topological polar surface area (TPSA) is 116 Å². The molecule has 9 heteroatoms. The van der Waals surface area contributed by atoms with E-state index in [0.29, 0.717) is 5.69 Å². The Hall–Kier alpha value is -2.42. The smallest absolute Gasteiger partial charge is 0.338 e. The molecule has 0 unspecified atom stereocenters. The zero-order valence-corrected chi connectivity index (χ0v) is 18.1. The molecule has 0 saturated heterocycles. The first-order valence-corrected chi connectivity index (χ1v) is 10.7. The van der Waals surface area contributed by atoms with E-state index in [1.165, 1.54) is 19.1 Å². The Morgan fingerprint density at radius 3 is 2.21 bits per heavy atom. The van der Waals surface area contributed by atoms with Crippen molar-refractivity contribution in [3.8, 4) is 0 Å². The minimum absolute atomic E-state index is 0.0141. The van der Waals surface area contributed by atoms with Crippen LogP contribution in [0.1, 0.15) is 43.6 Å². The first kappa shape index (κ1) is 22.9. The summed E-state index contributed by atoms with van der Waals surface area (Å²) in [5.74, 6) is -1.40. The van der Waals surface area contributed by atoms with Crippen LogP contribution in [0.15, 0.2) is 47.4 Å². The van der Waals surface area contributed by atoms with Gasteiger partial charge in [-0.25, -0.2) is 18.4 Å². The van der Waals surface area contributed by atoms with Crippen LogP contribution in [0.25, 0.3) is 0 Å². The second-order valence-corrected chi connectivity index (χ2v) is 9.49. The zero-order valence-electron chi connectivity index (χ0n) is 16.5. The van der Waals surface area contributed by atoms with Gasteiger partial charge in [0.1, 0.15) is 4.90 Å². The molecule has 2 aromatic carbocycles. The number of amides is 1. The third kappa shape index (κ3) is 6.03. The molecular formula is C20H23ClN2O5S. The monoisotopic (exact) mass is 438 g/mol. The number of hydrogen-bond acceptors (Lipinski definition) is 5. The number of ether oxygens (including phenoxy) is 1. The molecule has 0 aliphatic rings. The van der Waals surface area contributed by atoms with Gasteiger partial charge in [0.2, 0.25) is 10.0 Å². The standard InChI is InChI=1S/C20H23ClN2O5S/c1-12(18(24)23-15-8-6-14(7-9-15)20(2,3)4)28-19(25)13-5-10-16(21)17(11-13)29(22,26)27/h5-12H,1-4H3,(H,23,24)(H2,22,26,27)/t12-/m0/s1. The highest BCUT2D eigenvalue weighted by molar-refractivity contribution is 7.89. The van der Waals surface area contributed by atoms with Crippen LogP contribution in [-0.2, 0) is 25.0 Å². The fourth-order valence-electron chi connectivity index (χ4n) is 2.43. The molecule has 0 heterocycles. The largest absolute Gasteiger partial charge is 0.449 e. The molecule has 2 aromatic rings. The lowest BCUT2D eigenvalue weighted by atomic mass is 9.87. The predicted molar refractivity (Wildman–Crippen MR) is 111 cm³/mol. The van der Waals surface area contributed by atoms with Crippen LogP contribution in [-0.4, -0.2) is 26.4 Å². The third-order valence-electron chi connectivity index (χ3n) is 4.14. The Bertz CT molecular complexity index is 1030. The summed E-state index contributed by atoms with van der Waals surface area (Å²) in [4.78, 5) is 24.2. The van der Waals surface area contributed by atoms with Crippen molar-refractivity contribution < 1.29 is 22.7 Å². The first-order valence-electron chi connectivity index (χ1n) is 8.74. The van der Waals surface area contributed by atoms with Gasteiger partial charge < -0.3 is 10.1 Å². The molecule has 1 amide bonds. The van der Waals surface area contributed by atoms with Crippen LogP contribution < -0.4 is 10.5 Å². The number of halogens is 1. The summed E-state index contributed by atoms with van der Waals surface area (Å²) in [5, 5.41) is 7.62. The molecule has 2 rings (SSSR count). The van der Waals surface area contributed by atoms with Gasteiger partial charge in [0.15, 0.2) is 6.10 Å². The number of anilines is 1. The number of rotatable bonds is 5. The first-order chi connectivity index (χ1) is 13.3. The summed E-state index contributed by atoms with van der Waals surface area (Å²) in [6.07, 6.45) is -1.11. The van der Waals surface area contributed by atoms with E-state index in [1.54, 1.807) is 12.1 Å². The molecule has 1 atom stereocenters.